The summed E-state index contributed by atoms with van der Waals surface area (Å²) < 4.78 is 5.10. The van der Waals surface area contributed by atoms with E-state index in [1.54, 1.807) is 0 Å². The van der Waals surface area contributed by atoms with Crippen molar-refractivity contribution >= 4 is 11.8 Å². The largest absolute Gasteiger partial charge is 0.454 e. The topological polar surface area (TPSA) is 43.4 Å². The Kier molecular flexibility index (Phi) is 4.11. The van der Waals surface area contributed by atoms with Crippen LogP contribution in [0.2, 0.25) is 0 Å². The highest BCUT2D eigenvalue weighted by Crippen LogP contribution is 2.23. The fourth-order valence-corrected chi connectivity index (χ4v) is 1.72. The summed E-state index contributed by atoms with van der Waals surface area (Å²) in [5, 5.41) is 0. The Morgan fingerprint density at radius 1 is 1.50 bits per heavy atom. The predicted octanol–water partition coefficient (Wildman–Crippen LogP) is 2.09. The first-order chi connectivity index (χ1) is 6.63. The first-order valence-electron chi connectivity index (χ1n) is 5.35. The highest BCUT2D eigenvalue weighted by molar-refractivity contribution is 5.86. The van der Waals surface area contributed by atoms with Crippen LogP contribution in [-0.4, -0.2) is 17.9 Å². The van der Waals surface area contributed by atoms with Crippen molar-refractivity contribution < 1.29 is 14.3 Å². The molecular formula is C11H18O3. The van der Waals surface area contributed by atoms with Crippen LogP contribution >= 0.6 is 0 Å². The minimum atomic E-state index is -0.453. The van der Waals surface area contributed by atoms with E-state index >= 15 is 0 Å². The lowest BCUT2D eigenvalue weighted by Crippen LogP contribution is -2.32. The number of rotatable bonds is 3. The third-order valence-electron chi connectivity index (χ3n) is 2.56. The van der Waals surface area contributed by atoms with Crippen LogP contribution in [0.15, 0.2) is 0 Å². The lowest BCUT2D eigenvalue weighted by molar-refractivity contribution is -0.157. The van der Waals surface area contributed by atoms with E-state index in [2.05, 4.69) is 6.92 Å². The monoisotopic (exact) mass is 198 g/mol. The Balaban J connectivity index is 2.37. The molecule has 1 aliphatic rings. The number of ketones is 1. The molecule has 3 nitrogen and oxygen atoms in total. The first kappa shape index (κ1) is 11.2. The standard InChI is InChI=1S/C11H18O3/c1-3-4-11(13)14-10-6-5-8(2)7-9(10)12/h8,10H,3-7H2,1-2H3. The molecule has 1 aliphatic carbocycles. The molecule has 0 aromatic heterocycles. The van der Waals surface area contributed by atoms with Crippen LogP contribution in [-0.2, 0) is 14.3 Å². The molecule has 3 heteroatoms. The summed E-state index contributed by atoms with van der Waals surface area (Å²) >= 11 is 0. The molecule has 0 saturated heterocycles. The van der Waals surface area contributed by atoms with Crippen molar-refractivity contribution in [3.63, 3.8) is 0 Å². The third kappa shape index (κ3) is 3.13. The Hall–Kier alpha value is -0.860. The summed E-state index contributed by atoms with van der Waals surface area (Å²) in [6.45, 7) is 3.98. The molecule has 0 N–H and O–H groups in total. The molecular weight excluding hydrogens is 180 g/mol. The van der Waals surface area contributed by atoms with Crippen LogP contribution in [0.25, 0.3) is 0 Å². The van der Waals surface area contributed by atoms with E-state index in [-0.39, 0.29) is 11.8 Å². The van der Waals surface area contributed by atoms with Crippen LogP contribution in [0, 0.1) is 5.92 Å². The number of Topliss-reactive ketones (excluding diaryl/α,β-unsaturated/α-hetero) is 1. The number of ether oxygens (including phenoxy) is 1. The molecule has 2 atom stereocenters. The fraction of sp³-hybridized carbons (Fsp3) is 0.818. The summed E-state index contributed by atoms with van der Waals surface area (Å²) in [6.07, 6.45) is 2.98. The van der Waals surface area contributed by atoms with Gasteiger partial charge in [-0.2, -0.15) is 0 Å². The molecule has 0 heterocycles. The van der Waals surface area contributed by atoms with Crippen molar-refractivity contribution in [2.24, 2.45) is 5.92 Å². The van der Waals surface area contributed by atoms with Gasteiger partial charge in [0.1, 0.15) is 0 Å². The molecule has 1 saturated carbocycles. The van der Waals surface area contributed by atoms with Gasteiger partial charge in [-0.15, -0.1) is 0 Å². The molecule has 0 aliphatic heterocycles. The fourth-order valence-electron chi connectivity index (χ4n) is 1.72. The molecule has 2 unspecified atom stereocenters. The second-order valence-corrected chi connectivity index (χ2v) is 4.08. The average molecular weight is 198 g/mol. The maximum absolute atomic E-state index is 11.5. The molecule has 0 amide bonds. The molecule has 0 aromatic carbocycles. The number of esters is 1. The van der Waals surface area contributed by atoms with Gasteiger partial charge in [-0.05, 0) is 25.2 Å². The second kappa shape index (κ2) is 5.13. The number of carbonyl (C=O) groups is 2. The van der Waals surface area contributed by atoms with E-state index in [0.29, 0.717) is 25.2 Å². The van der Waals surface area contributed by atoms with Gasteiger partial charge in [-0.3, -0.25) is 9.59 Å². The van der Waals surface area contributed by atoms with Gasteiger partial charge in [0.25, 0.3) is 0 Å². The van der Waals surface area contributed by atoms with Gasteiger partial charge in [0.05, 0.1) is 0 Å². The number of hydrogen-bond acceptors (Lipinski definition) is 3. The molecule has 80 valence electrons. The molecule has 0 radical (unpaired) electrons. The summed E-state index contributed by atoms with van der Waals surface area (Å²) in [6, 6.07) is 0. The van der Waals surface area contributed by atoms with Crippen molar-refractivity contribution in [3.8, 4) is 0 Å². The highest BCUT2D eigenvalue weighted by Gasteiger charge is 2.28. The quantitative estimate of drug-likeness (QED) is 0.652. The van der Waals surface area contributed by atoms with Gasteiger partial charge < -0.3 is 4.74 Å². The van der Waals surface area contributed by atoms with E-state index in [4.69, 9.17) is 4.74 Å². The SMILES string of the molecule is CCCC(=O)OC1CCC(C)CC1=O. The molecule has 0 spiro atoms. The van der Waals surface area contributed by atoms with E-state index in [1.807, 2.05) is 6.92 Å². The number of carbonyl (C=O) groups excluding carboxylic acids is 2. The molecule has 1 rings (SSSR count). The minimum absolute atomic E-state index is 0.0909. The maximum atomic E-state index is 11.5. The van der Waals surface area contributed by atoms with Gasteiger partial charge in [0.2, 0.25) is 0 Å². The molecule has 0 bridgehead atoms. The first-order valence-corrected chi connectivity index (χ1v) is 5.35. The lowest BCUT2D eigenvalue weighted by Gasteiger charge is -2.24. The van der Waals surface area contributed by atoms with Gasteiger partial charge >= 0.3 is 5.97 Å². The Morgan fingerprint density at radius 2 is 2.21 bits per heavy atom. The van der Waals surface area contributed by atoms with Crippen LogP contribution in [0.5, 0.6) is 0 Å². The van der Waals surface area contributed by atoms with E-state index in [1.165, 1.54) is 0 Å². The highest BCUT2D eigenvalue weighted by atomic mass is 16.5. The van der Waals surface area contributed by atoms with Crippen molar-refractivity contribution in [2.75, 3.05) is 0 Å². The lowest BCUT2D eigenvalue weighted by atomic mass is 9.88. The van der Waals surface area contributed by atoms with Crippen LogP contribution in [0.1, 0.15) is 46.0 Å². The third-order valence-corrected chi connectivity index (χ3v) is 2.56. The smallest absolute Gasteiger partial charge is 0.306 e. The minimum Gasteiger partial charge on any atom is -0.454 e. The zero-order valence-corrected chi connectivity index (χ0v) is 8.91. The molecule has 0 aromatic rings. The van der Waals surface area contributed by atoms with E-state index < -0.39 is 6.10 Å². The summed E-state index contributed by atoms with van der Waals surface area (Å²) in [5.74, 6) is 0.303. The number of hydrogen-bond donors (Lipinski definition) is 0. The Labute approximate surface area is 84.8 Å². The molecule has 1 fully saturated rings. The maximum Gasteiger partial charge on any atom is 0.306 e. The molecule has 14 heavy (non-hydrogen) atoms. The van der Waals surface area contributed by atoms with Crippen molar-refractivity contribution in [1.29, 1.82) is 0 Å². The Morgan fingerprint density at radius 3 is 2.79 bits per heavy atom. The average Bonchev–Trinajstić information content (AvgIpc) is 2.10. The van der Waals surface area contributed by atoms with E-state index in [0.717, 1.165) is 12.8 Å². The normalized spacial score (nSPS) is 27.4. The van der Waals surface area contributed by atoms with E-state index in [9.17, 15) is 9.59 Å². The Bertz CT molecular complexity index is 223. The van der Waals surface area contributed by atoms with Crippen LogP contribution in [0.3, 0.4) is 0 Å². The van der Waals surface area contributed by atoms with Crippen molar-refractivity contribution in [2.45, 2.75) is 52.1 Å². The predicted molar refractivity (Wildman–Crippen MR) is 52.8 cm³/mol. The van der Waals surface area contributed by atoms with Crippen molar-refractivity contribution in [3.05, 3.63) is 0 Å². The summed E-state index contributed by atoms with van der Waals surface area (Å²) in [7, 11) is 0. The van der Waals surface area contributed by atoms with Gasteiger partial charge in [-0.1, -0.05) is 13.8 Å². The second-order valence-electron chi connectivity index (χ2n) is 4.08. The zero-order chi connectivity index (χ0) is 10.6. The van der Waals surface area contributed by atoms with Crippen LogP contribution in [0.4, 0.5) is 0 Å². The summed E-state index contributed by atoms with van der Waals surface area (Å²) in [5.41, 5.74) is 0. The van der Waals surface area contributed by atoms with Gasteiger partial charge in [0, 0.05) is 12.8 Å². The van der Waals surface area contributed by atoms with Gasteiger partial charge in [0.15, 0.2) is 11.9 Å². The van der Waals surface area contributed by atoms with Crippen LogP contribution < -0.4 is 0 Å². The summed E-state index contributed by atoms with van der Waals surface area (Å²) in [4.78, 5) is 22.6. The zero-order valence-electron chi connectivity index (χ0n) is 8.91. The van der Waals surface area contributed by atoms with Crippen molar-refractivity contribution in [1.82, 2.24) is 0 Å². The van der Waals surface area contributed by atoms with Gasteiger partial charge in [-0.25, -0.2) is 0 Å².